The molecular weight excluding hydrogens is 329 g/mol. The fraction of sp³-hybridized carbons (Fsp3) is 0.850. The van der Waals surface area contributed by atoms with E-state index < -0.39 is 17.5 Å². The van der Waals surface area contributed by atoms with Gasteiger partial charge in [-0.1, -0.05) is 12.5 Å². The van der Waals surface area contributed by atoms with Crippen molar-refractivity contribution in [2.45, 2.75) is 70.6 Å². The first-order chi connectivity index (χ1) is 11.7. The molecule has 3 unspecified atom stereocenters. The SMILES string of the molecule is C[C@]12CCC3C4CCC(=O)C(C(F)(F)F)=C4CCC3[C@]13C[C@@H]3C[C@H]2O. The third kappa shape index (κ3) is 1.84. The summed E-state index contributed by atoms with van der Waals surface area (Å²) < 4.78 is 40.5. The van der Waals surface area contributed by atoms with Crippen LogP contribution in [0.25, 0.3) is 0 Å². The molecule has 0 radical (unpaired) electrons. The second-order valence-corrected chi connectivity index (χ2v) is 9.42. The second-order valence-electron chi connectivity index (χ2n) is 9.42. The molecule has 138 valence electrons. The van der Waals surface area contributed by atoms with Crippen molar-refractivity contribution in [2.24, 2.45) is 34.5 Å². The van der Waals surface area contributed by atoms with E-state index in [9.17, 15) is 23.1 Å². The fourth-order valence-electron chi connectivity index (χ4n) is 7.85. The minimum absolute atomic E-state index is 0.0442. The number of hydrogen-bond donors (Lipinski definition) is 1. The van der Waals surface area contributed by atoms with Crippen molar-refractivity contribution < 1.29 is 23.1 Å². The van der Waals surface area contributed by atoms with Crippen LogP contribution in [0.3, 0.4) is 0 Å². The number of aliphatic hydroxyl groups is 1. The smallest absolute Gasteiger partial charge is 0.393 e. The van der Waals surface area contributed by atoms with E-state index in [1.54, 1.807) is 0 Å². The van der Waals surface area contributed by atoms with Crippen molar-refractivity contribution in [3.05, 3.63) is 11.1 Å². The normalized spacial score (nSPS) is 51.6. The highest BCUT2D eigenvalue weighted by Gasteiger charge is 2.77. The van der Waals surface area contributed by atoms with Crippen LogP contribution in [0, 0.1) is 34.5 Å². The molecule has 0 aromatic rings. The Morgan fingerprint density at radius 2 is 1.92 bits per heavy atom. The van der Waals surface area contributed by atoms with Gasteiger partial charge in [0.05, 0.1) is 11.7 Å². The van der Waals surface area contributed by atoms with Gasteiger partial charge in [0, 0.05) is 6.42 Å². The summed E-state index contributed by atoms with van der Waals surface area (Å²) in [6.07, 6.45) is 0.920. The zero-order chi connectivity index (χ0) is 17.8. The van der Waals surface area contributed by atoms with E-state index in [0.717, 1.165) is 32.1 Å². The molecule has 1 spiro atoms. The van der Waals surface area contributed by atoms with Gasteiger partial charge in [-0.2, -0.15) is 13.2 Å². The Hall–Kier alpha value is -0.840. The molecule has 0 bridgehead atoms. The van der Waals surface area contributed by atoms with Crippen LogP contribution in [0.5, 0.6) is 0 Å². The van der Waals surface area contributed by atoms with Crippen molar-refractivity contribution in [1.29, 1.82) is 0 Å². The highest BCUT2D eigenvalue weighted by atomic mass is 19.4. The first-order valence-corrected chi connectivity index (χ1v) is 9.71. The van der Waals surface area contributed by atoms with Crippen LogP contribution < -0.4 is 0 Å². The molecule has 0 aromatic heterocycles. The van der Waals surface area contributed by atoms with E-state index >= 15 is 0 Å². The first kappa shape index (κ1) is 16.3. The highest BCUT2D eigenvalue weighted by molar-refractivity contribution is 5.98. The van der Waals surface area contributed by atoms with Gasteiger partial charge in [0.15, 0.2) is 5.78 Å². The van der Waals surface area contributed by atoms with Crippen LogP contribution in [0.4, 0.5) is 13.2 Å². The number of Topliss-reactive ketones (excluding diaryl/α,β-unsaturated/α-hetero) is 1. The largest absolute Gasteiger partial charge is 0.419 e. The minimum Gasteiger partial charge on any atom is -0.393 e. The Bertz CT molecular complexity index is 681. The summed E-state index contributed by atoms with van der Waals surface area (Å²) in [7, 11) is 0. The van der Waals surface area contributed by atoms with E-state index in [2.05, 4.69) is 6.92 Å². The van der Waals surface area contributed by atoms with Crippen LogP contribution in [0.15, 0.2) is 11.1 Å². The van der Waals surface area contributed by atoms with E-state index in [1.807, 2.05) is 0 Å². The summed E-state index contributed by atoms with van der Waals surface area (Å²) in [4.78, 5) is 12.0. The third-order valence-corrected chi connectivity index (χ3v) is 8.89. The molecule has 0 aromatic carbocycles. The van der Waals surface area contributed by atoms with Crippen LogP contribution in [0.2, 0.25) is 0 Å². The number of aliphatic hydroxyl groups excluding tert-OH is 1. The molecule has 5 heteroatoms. The summed E-state index contributed by atoms with van der Waals surface area (Å²) in [5, 5.41) is 10.6. The molecule has 0 saturated heterocycles. The van der Waals surface area contributed by atoms with Crippen molar-refractivity contribution in [1.82, 2.24) is 0 Å². The van der Waals surface area contributed by atoms with Crippen molar-refractivity contribution in [2.75, 3.05) is 0 Å². The molecule has 2 nitrogen and oxygen atoms in total. The van der Waals surface area contributed by atoms with E-state index in [-0.39, 0.29) is 35.2 Å². The molecule has 0 amide bonds. The van der Waals surface area contributed by atoms with Gasteiger partial charge in [0.1, 0.15) is 0 Å². The maximum atomic E-state index is 13.5. The fourth-order valence-corrected chi connectivity index (χ4v) is 7.85. The lowest BCUT2D eigenvalue weighted by atomic mass is 9.49. The van der Waals surface area contributed by atoms with Crippen LogP contribution in [0.1, 0.15) is 58.3 Å². The number of rotatable bonds is 0. The molecule has 5 rings (SSSR count). The van der Waals surface area contributed by atoms with Crippen molar-refractivity contribution >= 4 is 5.78 Å². The average molecular weight is 354 g/mol. The van der Waals surface area contributed by atoms with E-state index in [4.69, 9.17) is 0 Å². The standard InChI is InChI=1S/C20H25F3O2/c1-18-7-6-12-11-3-5-15(24)17(20(21,22)23)13(11)2-4-14(12)19(18)9-10(19)8-16(18)25/h10-12,14,16,25H,2-9H2,1H3/t10-,11?,12?,14?,16+,18+,19+/m0/s1. The highest BCUT2D eigenvalue weighted by Crippen LogP contribution is 2.81. The maximum Gasteiger partial charge on any atom is 0.419 e. The number of carbonyl (C=O) groups is 1. The topological polar surface area (TPSA) is 37.3 Å². The Morgan fingerprint density at radius 1 is 1.16 bits per heavy atom. The molecule has 0 aliphatic heterocycles. The van der Waals surface area contributed by atoms with Gasteiger partial charge in [-0.3, -0.25) is 4.79 Å². The van der Waals surface area contributed by atoms with Gasteiger partial charge in [-0.05, 0) is 79.4 Å². The molecular formula is C20H25F3O2. The zero-order valence-corrected chi connectivity index (χ0v) is 14.5. The summed E-state index contributed by atoms with van der Waals surface area (Å²) >= 11 is 0. The molecule has 1 N–H and O–H groups in total. The van der Waals surface area contributed by atoms with Gasteiger partial charge in [0.2, 0.25) is 0 Å². The maximum absolute atomic E-state index is 13.5. The molecule has 7 atom stereocenters. The Morgan fingerprint density at radius 3 is 2.64 bits per heavy atom. The lowest BCUT2D eigenvalue weighted by Crippen LogP contribution is -2.51. The number of carbonyl (C=O) groups excluding carboxylic acids is 1. The number of fused-ring (bicyclic) bond motifs is 3. The van der Waals surface area contributed by atoms with Crippen LogP contribution in [-0.4, -0.2) is 23.2 Å². The van der Waals surface area contributed by atoms with Gasteiger partial charge >= 0.3 is 6.18 Å². The Balaban J connectivity index is 1.54. The van der Waals surface area contributed by atoms with Gasteiger partial charge < -0.3 is 5.11 Å². The third-order valence-electron chi connectivity index (χ3n) is 8.89. The zero-order valence-electron chi connectivity index (χ0n) is 14.5. The summed E-state index contributed by atoms with van der Waals surface area (Å²) in [5.74, 6) is 0.517. The monoisotopic (exact) mass is 354 g/mol. The quantitative estimate of drug-likeness (QED) is 0.699. The first-order valence-electron chi connectivity index (χ1n) is 9.71. The van der Waals surface area contributed by atoms with Crippen LogP contribution in [-0.2, 0) is 4.79 Å². The van der Waals surface area contributed by atoms with Crippen molar-refractivity contribution in [3.63, 3.8) is 0 Å². The number of halogens is 3. The molecule has 4 saturated carbocycles. The van der Waals surface area contributed by atoms with Gasteiger partial charge in [0.25, 0.3) is 0 Å². The second kappa shape index (κ2) is 4.71. The average Bonchev–Trinajstić information content (AvgIpc) is 3.18. The molecule has 25 heavy (non-hydrogen) atoms. The predicted molar refractivity (Wildman–Crippen MR) is 85.5 cm³/mol. The molecule has 4 fully saturated rings. The summed E-state index contributed by atoms with van der Waals surface area (Å²) in [6.45, 7) is 2.22. The molecule has 0 heterocycles. The van der Waals surface area contributed by atoms with Crippen molar-refractivity contribution in [3.8, 4) is 0 Å². The summed E-state index contributed by atoms with van der Waals surface area (Å²) in [6, 6.07) is 0. The minimum atomic E-state index is -4.51. The van der Waals surface area contributed by atoms with Gasteiger partial charge in [-0.25, -0.2) is 0 Å². The molecule has 5 aliphatic carbocycles. The van der Waals surface area contributed by atoms with Gasteiger partial charge in [-0.15, -0.1) is 0 Å². The van der Waals surface area contributed by atoms with Crippen LogP contribution >= 0.6 is 0 Å². The number of alkyl halides is 3. The van der Waals surface area contributed by atoms with E-state index in [0.29, 0.717) is 30.3 Å². The summed E-state index contributed by atoms with van der Waals surface area (Å²) in [5.41, 5.74) is -0.273. The number of ketones is 1. The lowest BCUT2D eigenvalue weighted by molar-refractivity contribution is -0.133. The van der Waals surface area contributed by atoms with E-state index in [1.165, 1.54) is 0 Å². The molecule has 5 aliphatic rings. The predicted octanol–water partition coefficient (Wildman–Crippen LogP) is 4.42. The Kier molecular flexibility index (Phi) is 3.08. The Labute approximate surface area is 145 Å². The number of allylic oxidation sites excluding steroid dienone is 1. The lowest BCUT2D eigenvalue weighted by Gasteiger charge is -2.56. The number of hydrogen-bond acceptors (Lipinski definition) is 2.